The molecule has 86 valence electrons. The van der Waals surface area contributed by atoms with Crippen LogP contribution in [0, 0.1) is 17.6 Å². The monoisotopic (exact) mass is 228 g/mol. The Hall–Kier alpha value is -1.56. The van der Waals surface area contributed by atoms with Crippen LogP contribution in [0.15, 0.2) is 12.3 Å². The van der Waals surface area contributed by atoms with Crippen LogP contribution in [0.3, 0.4) is 0 Å². The number of aromatic nitrogens is 1. The van der Waals surface area contributed by atoms with Gasteiger partial charge >= 0.3 is 0 Å². The molecule has 1 N–H and O–H groups in total. The van der Waals surface area contributed by atoms with Crippen LogP contribution >= 0.6 is 0 Å². The number of anilines is 1. The summed E-state index contributed by atoms with van der Waals surface area (Å²) in [5, 5.41) is 8.91. The molecule has 1 amide bonds. The highest BCUT2D eigenvalue weighted by atomic mass is 19.1. The van der Waals surface area contributed by atoms with Gasteiger partial charge in [0.1, 0.15) is 5.82 Å². The summed E-state index contributed by atoms with van der Waals surface area (Å²) in [7, 11) is 0. The molecule has 1 atom stereocenters. The first-order valence-corrected chi connectivity index (χ1v) is 4.84. The first-order valence-electron chi connectivity index (χ1n) is 4.84. The van der Waals surface area contributed by atoms with E-state index in [2.05, 4.69) is 4.98 Å². The number of aliphatic hydroxyl groups excluding tert-OH is 1. The van der Waals surface area contributed by atoms with Gasteiger partial charge in [0.05, 0.1) is 6.20 Å². The summed E-state index contributed by atoms with van der Waals surface area (Å²) in [4.78, 5) is 16.2. The van der Waals surface area contributed by atoms with Gasteiger partial charge in [-0.25, -0.2) is 13.8 Å². The Balaban J connectivity index is 2.28. The highest BCUT2D eigenvalue weighted by Gasteiger charge is 2.32. The Bertz CT molecular complexity index is 425. The summed E-state index contributed by atoms with van der Waals surface area (Å²) in [5.41, 5.74) is 0. The molecule has 0 saturated carbocycles. The van der Waals surface area contributed by atoms with Crippen LogP contribution in [0.1, 0.15) is 6.42 Å². The van der Waals surface area contributed by atoms with Crippen molar-refractivity contribution < 1.29 is 18.7 Å². The van der Waals surface area contributed by atoms with Crippen LogP contribution in [0.4, 0.5) is 14.6 Å². The van der Waals surface area contributed by atoms with E-state index in [1.807, 2.05) is 0 Å². The van der Waals surface area contributed by atoms with Crippen molar-refractivity contribution in [1.82, 2.24) is 4.98 Å². The number of carbonyl (C=O) groups is 1. The van der Waals surface area contributed by atoms with Crippen LogP contribution in [-0.4, -0.2) is 29.1 Å². The van der Waals surface area contributed by atoms with E-state index in [9.17, 15) is 13.6 Å². The first kappa shape index (κ1) is 10.9. The van der Waals surface area contributed by atoms with Gasteiger partial charge in [0.15, 0.2) is 11.6 Å². The van der Waals surface area contributed by atoms with E-state index in [0.717, 1.165) is 11.1 Å². The average molecular weight is 228 g/mol. The molecule has 1 aromatic heterocycles. The van der Waals surface area contributed by atoms with E-state index in [0.29, 0.717) is 6.07 Å². The molecule has 1 saturated heterocycles. The molecule has 2 heterocycles. The zero-order valence-corrected chi connectivity index (χ0v) is 8.36. The molecule has 1 fully saturated rings. The standard InChI is InChI=1S/C10H10F2N2O2/c11-7-2-8(12)10(13-3-7)14-4-6(5-15)1-9(14)16/h2-3,6,15H,1,4-5H2. The highest BCUT2D eigenvalue weighted by Crippen LogP contribution is 2.25. The maximum absolute atomic E-state index is 13.3. The fourth-order valence-electron chi connectivity index (χ4n) is 1.71. The van der Waals surface area contributed by atoms with Crippen molar-refractivity contribution in [3.8, 4) is 0 Å². The predicted octanol–water partition coefficient (Wildman–Crippen LogP) is 0.705. The minimum Gasteiger partial charge on any atom is -0.396 e. The molecule has 0 spiro atoms. The molecule has 0 aromatic carbocycles. The van der Waals surface area contributed by atoms with Gasteiger partial charge in [-0.2, -0.15) is 0 Å². The summed E-state index contributed by atoms with van der Waals surface area (Å²) in [6.45, 7) is 0.0793. The lowest BCUT2D eigenvalue weighted by molar-refractivity contribution is -0.117. The zero-order valence-electron chi connectivity index (χ0n) is 8.36. The van der Waals surface area contributed by atoms with Crippen LogP contribution in [0.5, 0.6) is 0 Å². The van der Waals surface area contributed by atoms with Crippen molar-refractivity contribution in [1.29, 1.82) is 0 Å². The SMILES string of the molecule is O=C1CC(CO)CN1c1ncc(F)cc1F. The third-order valence-electron chi connectivity index (χ3n) is 2.51. The van der Waals surface area contributed by atoms with Gasteiger partial charge < -0.3 is 5.11 Å². The maximum Gasteiger partial charge on any atom is 0.228 e. The molecule has 0 aliphatic carbocycles. The van der Waals surface area contributed by atoms with Crippen molar-refractivity contribution in [2.24, 2.45) is 5.92 Å². The van der Waals surface area contributed by atoms with E-state index >= 15 is 0 Å². The fraction of sp³-hybridized carbons (Fsp3) is 0.400. The third-order valence-corrected chi connectivity index (χ3v) is 2.51. The molecule has 0 radical (unpaired) electrons. The summed E-state index contributed by atoms with van der Waals surface area (Å²) >= 11 is 0. The van der Waals surface area contributed by atoms with Gasteiger partial charge in [0.25, 0.3) is 0 Å². The first-order chi connectivity index (χ1) is 7.61. The minimum atomic E-state index is -0.869. The minimum absolute atomic E-state index is 0.134. The summed E-state index contributed by atoms with van der Waals surface area (Å²) in [5.74, 6) is -2.35. The lowest BCUT2D eigenvalue weighted by Crippen LogP contribution is -2.27. The van der Waals surface area contributed by atoms with Crippen molar-refractivity contribution in [2.75, 3.05) is 18.1 Å². The summed E-state index contributed by atoms with van der Waals surface area (Å²) in [6.07, 6.45) is 1.02. The van der Waals surface area contributed by atoms with Gasteiger partial charge in [-0.05, 0) is 0 Å². The molecular weight excluding hydrogens is 218 g/mol. The zero-order chi connectivity index (χ0) is 11.7. The summed E-state index contributed by atoms with van der Waals surface area (Å²) in [6, 6.07) is 0.682. The second-order valence-corrected chi connectivity index (χ2v) is 3.72. The highest BCUT2D eigenvalue weighted by molar-refractivity contribution is 5.94. The van der Waals surface area contributed by atoms with Gasteiger partial charge in [0.2, 0.25) is 5.91 Å². The summed E-state index contributed by atoms with van der Waals surface area (Å²) < 4.78 is 26.0. The molecule has 1 aliphatic rings. The fourth-order valence-corrected chi connectivity index (χ4v) is 1.71. The Kier molecular flexibility index (Phi) is 2.82. The Morgan fingerprint density at radius 3 is 2.88 bits per heavy atom. The van der Waals surface area contributed by atoms with E-state index in [1.54, 1.807) is 0 Å². The van der Waals surface area contributed by atoms with E-state index in [-0.39, 0.29) is 37.2 Å². The van der Waals surface area contributed by atoms with Crippen LogP contribution in [0.25, 0.3) is 0 Å². The predicted molar refractivity (Wildman–Crippen MR) is 51.7 cm³/mol. The molecule has 1 unspecified atom stereocenters. The van der Waals surface area contributed by atoms with E-state index < -0.39 is 11.6 Å². The van der Waals surface area contributed by atoms with E-state index in [1.165, 1.54) is 0 Å². The van der Waals surface area contributed by atoms with Gasteiger partial charge in [-0.1, -0.05) is 0 Å². The van der Waals surface area contributed by atoms with Crippen molar-refractivity contribution in [3.63, 3.8) is 0 Å². The van der Waals surface area contributed by atoms with Crippen LogP contribution in [-0.2, 0) is 4.79 Å². The number of hydrogen-bond acceptors (Lipinski definition) is 3. The number of nitrogens with zero attached hydrogens (tertiary/aromatic N) is 2. The third kappa shape index (κ3) is 1.88. The molecular formula is C10H10F2N2O2. The van der Waals surface area contributed by atoms with Crippen molar-refractivity contribution >= 4 is 11.7 Å². The van der Waals surface area contributed by atoms with E-state index in [4.69, 9.17) is 5.11 Å². The largest absolute Gasteiger partial charge is 0.396 e. The van der Waals surface area contributed by atoms with Gasteiger partial charge in [-0.3, -0.25) is 9.69 Å². The number of amides is 1. The average Bonchev–Trinajstić information content (AvgIpc) is 2.60. The molecule has 1 aliphatic heterocycles. The van der Waals surface area contributed by atoms with Crippen molar-refractivity contribution in [3.05, 3.63) is 23.9 Å². The second-order valence-electron chi connectivity index (χ2n) is 3.72. The number of aliphatic hydroxyl groups is 1. The number of carbonyl (C=O) groups excluding carboxylic acids is 1. The lowest BCUT2D eigenvalue weighted by Gasteiger charge is -2.15. The van der Waals surface area contributed by atoms with Crippen LogP contribution < -0.4 is 4.90 Å². The van der Waals surface area contributed by atoms with Crippen LogP contribution in [0.2, 0.25) is 0 Å². The molecule has 16 heavy (non-hydrogen) atoms. The number of halogens is 2. The molecule has 2 rings (SSSR count). The molecule has 4 nitrogen and oxygen atoms in total. The quantitative estimate of drug-likeness (QED) is 0.810. The Morgan fingerprint density at radius 1 is 1.56 bits per heavy atom. The smallest absolute Gasteiger partial charge is 0.228 e. The Morgan fingerprint density at radius 2 is 2.31 bits per heavy atom. The maximum atomic E-state index is 13.3. The Labute approximate surface area is 90.5 Å². The lowest BCUT2D eigenvalue weighted by atomic mass is 10.1. The van der Waals surface area contributed by atoms with Crippen molar-refractivity contribution in [2.45, 2.75) is 6.42 Å². The van der Waals surface area contributed by atoms with Gasteiger partial charge in [-0.15, -0.1) is 0 Å². The van der Waals surface area contributed by atoms with Gasteiger partial charge in [0, 0.05) is 31.6 Å². The normalized spacial score (nSPS) is 20.6. The molecule has 0 bridgehead atoms. The topological polar surface area (TPSA) is 53.4 Å². The second kappa shape index (κ2) is 4.13. The number of pyridine rings is 1. The molecule has 6 heteroatoms. The molecule has 1 aromatic rings. The number of hydrogen-bond donors (Lipinski definition) is 1. The number of rotatable bonds is 2.